The van der Waals surface area contributed by atoms with Gasteiger partial charge in [-0.2, -0.15) is 9.97 Å². The summed E-state index contributed by atoms with van der Waals surface area (Å²) in [6.45, 7) is 9.74. The Morgan fingerprint density at radius 2 is 1.57 bits per heavy atom. The Bertz CT molecular complexity index is 2260. The van der Waals surface area contributed by atoms with E-state index in [-0.39, 0.29) is 23.2 Å². The average molecular weight is 740 g/mol. The molecular formula is C36H42N11O5P. The Morgan fingerprint density at radius 1 is 0.868 bits per heavy atom. The largest absolute Gasteiger partial charge is 0.484 e. The van der Waals surface area contributed by atoms with Crippen molar-refractivity contribution in [1.82, 2.24) is 34.7 Å². The molecule has 5 aromatic rings. The molecule has 3 fully saturated rings. The van der Waals surface area contributed by atoms with E-state index in [2.05, 4.69) is 45.3 Å². The first-order valence-electron chi connectivity index (χ1n) is 18.2. The van der Waals surface area contributed by atoms with Crippen LogP contribution >= 0.6 is 7.14 Å². The molecule has 0 amide bonds. The number of piperazine rings is 1. The van der Waals surface area contributed by atoms with Crippen molar-refractivity contribution in [1.29, 1.82) is 0 Å². The Balaban J connectivity index is 1.02. The molecule has 0 bridgehead atoms. The van der Waals surface area contributed by atoms with Gasteiger partial charge in [-0.05, 0) is 57.2 Å². The van der Waals surface area contributed by atoms with Gasteiger partial charge in [-0.15, -0.1) is 0 Å². The zero-order valence-corrected chi connectivity index (χ0v) is 30.6. The maximum absolute atomic E-state index is 13.6. The predicted molar refractivity (Wildman–Crippen MR) is 205 cm³/mol. The summed E-state index contributed by atoms with van der Waals surface area (Å²) in [5.74, 6) is 1.34. The van der Waals surface area contributed by atoms with Gasteiger partial charge in [0.05, 0.1) is 32.5 Å². The van der Waals surface area contributed by atoms with Gasteiger partial charge in [0.1, 0.15) is 37.3 Å². The van der Waals surface area contributed by atoms with E-state index in [4.69, 9.17) is 14.5 Å². The maximum Gasteiger partial charge on any atom is 0.298 e. The van der Waals surface area contributed by atoms with E-state index in [0.29, 0.717) is 87.5 Å². The third kappa shape index (κ3) is 6.48. The SMILES string of the molecule is CP(C)(=O)c1c(Nc2nc(Nc3cc([N+](=O)[O-])c(N4CCC(N5CCN(C6CC6)CC5)CC4)c4c3OCCO4)nc3[nH]ccc23)ccc2nccnc12. The summed E-state index contributed by atoms with van der Waals surface area (Å²) in [7, 11) is -2.84. The number of rotatable bonds is 9. The summed E-state index contributed by atoms with van der Waals surface area (Å²) in [5, 5.41) is 20.6. The lowest BCUT2D eigenvalue weighted by Crippen LogP contribution is -2.53. The molecule has 0 atom stereocenters. The van der Waals surface area contributed by atoms with Crippen LogP contribution in [0.4, 0.5) is 34.5 Å². The highest BCUT2D eigenvalue weighted by atomic mass is 31.2. The van der Waals surface area contributed by atoms with Gasteiger partial charge in [0.25, 0.3) is 5.69 Å². The van der Waals surface area contributed by atoms with Crippen LogP contribution in [0.15, 0.2) is 42.9 Å². The second-order valence-corrected chi connectivity index (χ2v) is 17.7. The summed E-state index contributed by atoms with van der Waals surface area (Å²) < 4.78 is 25.9. The number of piperidine rings is 1. The Hall–Kier alpha value is -5.05. The van der Waals surface area contributed by atoms with Gasteiger partial charge >= 0.3 is 0 Å². The number of nitrogens with one attached hydrogen (secondary N) is 3. The first-order chi connectivity index (χ1) is 25.7. The molecule has 17 heteroatoms. The van der Waals surface area contributed by atoms with Crippen LogP contribution in [0.2, 0.25) is 0 Å². The smallest absolute Gasteiger partial charge is 0.298 e. The van der Waals surface area contributed by atoms with E-state index >= 15 is 0 Å². The minimum absolute atomic E-state index is 0.0730. The number of nitro groups is 1. The van der Waals surface area contributed by atoms with Crippen LogP contribution in [0.3, 0.4) is 0 Å². The fourth-order valence-electron chi connectivity index (χ4n) is 8.09. The molecule has 0 spiro atoms. The van der Waals surface area contributed by atoms with Crippen LogP contribution in [0.5, 0.6) is 11.5 Å². The third-order valence-electron chi connectivity index (χ3n) is 10.7. The van der Waals surface area contributed by atoms with Crippen LogP contribution in [0.1, 0.15) is 25.7 Å². The third-order valence-corrected chi connectivity index (χ3v) is 12.3. The molecule has 0 radical (unpaired) electrons. The summed E-state index contributed by atoms with van der Waals surface area (Å²) in [6, 6.07) is 8.23. The second-order valence-electron chi connectivity index (χ2n) is 14.5. The molecule has 3 aliphatic heterocycles. The number of nitro benzene ring substituents is 1. The zero-order chi connectivity index (χ0) is 36.3. The van der Waals surface area contributed by atoms with E-state index in [1.54, 1.807) is 31.9 Å². The molecule has 3 aromatic heterocycles. The number of nitrogens with zero attached hydrogens (tertiary/aromatic N) is 8. The van der Waals surface area contributed by atoms with Gasteiger partial charge in [-0.3, -0.25) is 29.9 Å². The van der Waals surface area contributed by atoms with Crippen molar-refractivity contribution in [2.24, 2.45) is 0 Å². The van der Waals surface area contributed by atoms with Gasteiger partial charge in [-0.25, -0.2) is 0 Å². The van der Waals surface area contributed by atoms with Crippen molar-refractivity contribution in [3.05, 3.63) is 53.0 Å². The molecule has 2 saturated heterocycles. The highest BCUT2D eigenvalue weighted by Gasteiger charge is 2.37. The van der Waals surface area contributed by atoms with Gasteiger partial charge in [0, 0.05) is 76.0 Å². The van der Waals surface area contributed by atoms with Crippen molar-refractivity contribution < 1.29 is 19.0 Å². The molecule has 3 N–H and O–H groups in total. The second kappa shape index (κ2) is 13.4. The molecule has 0 unspecified atom stereocenters. The number of hydrogen-bond acceptors (Lipinski definition) is 14. The summed E-state index contributed by atoms with van der Waals surface area (Å²) >= 11 is 0. The van der Waals surface area contributed by atoms with E-state index in [9.17, 15) is 14.7 Å². The van der Waals surface area contributed by atoms with Gasteiger partial charge < -0.3 is 34.6 Å². The first-order valence-corrected chi connectivity index (χ1v) is 20.8. The van der Waals surface area contributed by atoms with E-state index in [1.807, 2.05) is 18.2 Å². The topological polar surface area (TPSA) is 180 Å². The van der Waals surface area contributed by atoms with Crippen molar-refractivity contribution in [2.45, 2.75) is 37.8 Å². The number of anilines is 5. The van der Waals surface area contributed by atoms with Crippen LogP contribution < -0.4 is 30.3 Å². The molecule has 1 saturated carbocycles. The lowest BCUT2D eigenvalue weighted by atomic mass is 10.0. The quantitative estimate of drug-likeness (QED) is 0.104. The van der Waals surface area contributed by atoms with Crippen molar-refractivity contribution >= 4 is 69.0 Å². The molecule has 16 nitrogen and oxygen atoms in total. The van der Waals surface area contributed by atoms with Gasteiger partial charge in [0.15, 0.2) is 17.2 Å². The molecule has 4 aliphatic rings. The maximum atomic E-state index is 13.6. The fraction of sp³-hybridized carbons (Fsp3) is 0.444. The van der Waals surface area contributed by atoms with Crippen LogP contribution in [0, 0.1) is 10.1 Å². The first kappa shape index (κ1) is 33.8. The lowest BCUT2D eigenvalue weighted by molar-refractivity contribution is -0.384. The molecule has 2 aromatic carbocycles. The zero-order valence-electron chi connectivity index (χ0n) is 29.7. The molecule has 6 heterocycles. The molecule has 1 aliphatic carbocycles. The number of H-pyrrole nitrogens is 1. The monoisotopic (exact) mass is 739 g/mol. The van der Waals surface area contributed by atoms with Crippen LogP contribution in [0.25, 0.3) is 22.1 Å². The van der Waals surface area contributed by atoms with Gasteiger partial charge in [-0.1, -0.05) is 0 Å². The number of aromatic amines is 1. The average Bonchev–Trinajstić information content (AvgIpc) is 3.91. The fourth-order valence-corrected chi connectivity index (χ4v) is 9.48. The van der Waals surface area contributed by atoms with Crippen molar-refractivity contribution in [2.75, 3.05) is 81.3 Å². The normalized spacial score (nSPS) is 18.8. The molecule has 276 valence electrons. The summed E-state index contributed by atoms with van der Waals surface area (Å²) in [6.07, 6.45) is 9.45. The number of hydrogen-bond donors (Lipinski definition) is 3. The standard InChI is InChI=1S/C36H42N11O5P/c1-53(2,50)33-26(6-5-25-29(33)38-12-11-37-25)40-35-24-7-10-39-34(24)42-36(43-35)41-27-21-28(47(48)49)30(32-31(27)51-19-20-52-32)46-13-8-23(9-14-46)45-17-15-44(16-18-45)22-3-4-22/h5-7,10-12,21-23H,3-4,8-9,13-20H2,1-2H3,(H3,39,40,41,42,43). The lowest BCUT2D eigenvalue weighted by Gasteiger charge is -2.43. The summed E-state index contributed by atoms with van der Waals surface area (Å²) in [5.41, 5.74) is 2.99. The van der Waals surface area contributed by atoms with E-state index < -0.39 is 7.14 Å². The van der Waals surface area contributed by atoms with Crippen molar-refractivity contribution in [3.63, 3.8) is 0 Å². The van der Waals surface area contributed by atoms with Crippen LogP contribution in [-0.2, 0) is 4.57 Å². The molecule has 53 heavy (non-hydrogen) atoms. The Labute approximate surface area is 305 Å². The minimum Gasteiger partial charge on any atom is -0.484 e. The van der Waals surface area contributed by atoms with Gasteiger partial charge in [0.2, 0.25) is 5.95 Å². The minimum atomic E-state index is -2.84. The molecular weight excluding hydrogens is 697 g/mol. The summed E-state index contributed by atoms with van der Waals surface area (Å²) in [4.78, 5) is 41.2. The number of fused-ring (bicyclic) bond motifs is 3. The number of benzene rings is 2. The predicted octanol–water partition coefficient (Wildman–Crippen LogP) is 5.06. The Morgan fingerprint density at radius 3 is 2.26 bits per heavy atom. The van der Waals surface area contributed by atoms with E-state index in [0.717, 1.165) is 45.1 Å². The highest BCUT2D eigenvalue weighted by molar-refractivity contribution is 7.71. The Kier molecular flexibility index (Phi) is 8.55. The highest BCUT2D eigenvalue weighted by Crippen LogP contribution is 2.52. The molecule has 9 rings (SSSR count). The number of ether oxygens (including phenoxy) is 2. The van der Waals surface area contributed by atoms with Crippen LogP contribution in [-0.4, -0.2) is 118 Å². The van der Waals surface area contributed by atoms with Crippen molar-refractivity contribution in [3.8, 4) is 11.5 Å². The van der Waals surface area contributed by atoms with E-state index in [1.165, 1.54) is 18.9 Å². The number of aromatic nitrogens is 5.